The SMILES string of the molecule is CC[n+]1ccn(C(C)(C)C(=O)O)c1. The second kappa shape index (κ2) is 3.20. The molecule has 13 heavy (non-hydrogen) atoms. The van der Waals surface area contributed by atoms with Crippen LogP contribution in [0.3, 0.4) is 0 Å². The average molecular weight is 183 g/mol. The molecule has 0 aromatic carbocycles. The molecule has 0 bridgehead atoms. The third-order valence-corrected chi connectivity index (χ3v) is 2.23. The Morgan fingerprint density at radius 3 is 2.62 bits per heavy atom. The Morgan fingerprint density at radius 2 is 2.23 bits per heavy atom. The molecule has 0 amide bonds. The van der Waals surface area contributed by atoms with Crippen molar-refractivity contribution in [3.8, 4) is 0 Å². The number of rotatable bonds is 3. The summed E-state index contributed by atoms with van der Waals surface area (Å²) in [6.07, 6.45) is 5.44. The number of carboxylic acid groups (broad SMARTS) is 1. The van der Waals surface area contributed by atoms with Gasteiger partial charge in [-0.05, 0) is 20.8 Å². The van der Waals surface area contributed by atoms with E-state index in [1.807, 2.05) is 17.7 Å². The summed E-state index contributed by atoms with van der Waals surface area (Å²) in [7, 11) is 0. The molecule has 0 fully saturated rings. The largest absolute Gasteiger partial charge is 0.478 e. The second-order valence-electron chi connectivity index (χ2n) is 3.52. The summed E-state index contributed by atoms with van der Waals surface area (Å²) in [4.78, 5) is 10.9. The Balaban J connectivity index is 3.00. The van der Waals surface area contributed by atoms with Crippen LogP contribution in [0.2, 0.25) is 0 Å². The number of nitrogens with zero attached hydrogens (tertiary/aromatic N) is 2. The molecule has 0 aliphatic rings. The van der Waals surface area contributed by atoms with Crippen molar-refractivity contribution in [2.24, 2.45) is 0 Å². The van der Waals surface area contributed by atoms with E-state index in [0.29, 0.717) is 0 Å². The van der Waals surface area contributed by atoms with Crippen LogP contribution in [0.1, 0.15) is 20.8 Å². The fraction of sp³-hybridized carbons (Fsp3) is 0.556. The number of hydrogen-bond acceptors (Lipinski definition) is 1. The molecule has 0 saturated carbocycles. The van der Waals surface area contributed by atoms with Crippen LogP contribution >= 0.6 is 0 Å². The van der Waals surface area contributed by atoms with E-state index in [1.54, 1.807) is 30.9 Å². The molecule has 0 atom stereocenters. The van der Waals surface area contributed by atoms with E-state index in [-0.39, 0.29) is 0 Å². The Morgan fingerprint density at radius 1 is 1.62 bits per heavy atom. The van der Waals surface area contributed by atoms with Crippen molar-refractivity contribution < 1.29 is 14.5 Å². The van der Waals surface area contributed by atoms with E-state index in [4.69, 9.17) is 5.11 Å². The Kier molecular flexibility index (Phi) is 2.40. The summed E-state index contributed by atoms with van der Waals surface area (Å²) < 4.78 is 3.63. The monoisotopic (exact) mass is 183 g/mol. The normalized spacial score (nSPS) is 11.6. The number of aryl methyl sites for hydroxylation is 1. The van der Waals surface area contributed by atoms with E-state index in [1.165, 1.54) is 0 Å². The lowest BCUT2D eigenvalue weighted by molar-refractivity contribution is -0.693. The lowest BCUT2D eigenvalue weighted by Gasteiger charge is -2.14. The molecule has 1 rings (SSSR count). The first-order chi connectivity index (χ1) is 5.98. The standard InChI is InChI=1S/C9H14N2O2/c1-4-10-5-6-11(7-10)9(2,3)8(12)13/h5-7H,4H2,1-3H3/p+1. The molecule has 0 spiro atoms. The summed E-state index contributed by atoms with van der Waals surface area (Å²) in [6, 6.07) is 0. The van der Waals surface area contributed by atoms with Gasteiger partial charge in [-0.25, -0.2) is 13.9 Å². The molecular weight excluding hydrogens is 168 g/mol. The minimum absolute atomic E-state index is 0.827. The minimum atomic E-state index is -0.875. The van der Waals surface area contributed by atoms with Crippen LogP contribution in [0.25, 0.3) is 0 Å². The molecule has 1 aromatic heterocycles. The zero-order valence-corrected chi connectivity index (χ0v) is 8.19. The highest BCUT2D eigenvalue weighted by Crippen LogP contribution is 2.13. The summed E-state index contributed by atoms with van der Waals surface area (Å²) in [5.74, 6) is -0.827. The van der Waals surface area contributed by atoms with Crippen LogP contribution < -0.4 is 4.57 Å². The average Bonchev–Trinajstić information content (AvgIpc) is 2.51. The number of aliphatic carboxylic acids is 1. The third-order valence-electron chi connectivity index (χ3n) is 2.23. The zero-order chi connectivity index (χ0) is 10.1. The summed E-state index contributed by atoms with van der Waals surface area (Å²) >= 11 is 0. The van der Waals surface area contributed by atoms with Crippen molar-refractivity contribution in [1.82, 2.24) is 4.57 Å². The van der Waals surface area contributed by atoms with E-state index in [2.05, 4.69) is 0 Å². The summed E-state index contributed by atoms with van der Waals surface area (Å²) in [5, 5.41) is 8.95. The van der Waals surface area contributed by atoms with Crippen LogP contribution in [-0.4, -0.2) is 15.6 Å². The molecule has 4 heteroatoms. The smallest absolute Gasteiger partial charge is 0.351 e. The number of aromatic nitrogens is 2. The molecule has 4 nitrogen and oxygen atoms in total. The molecule has 0 unspecified atom stereocenters. The maximum atomic E-state index is 10.9. The van der Waals surface area contributed by atoms with Crippen molar-refractivity contribution in [3.05, 3.63) is 18.7 Å². The first-order valence-corrected chi connectivity index (χ1v) is 4.29. The molecule has 0 aliphatic carbocycles. The maximum absolute atomic E-state index is 10.9. The van der Waals surface area contributed by atoms with Gasteiger partial charge < -0.3 is 5.11 Å². The van der Waals surface area contributed by atoms with Gasteiger partial charge in [0.1, 0.15) is 12.4 Å². The quantitative estimate of drug-likeness (QED) is 0.698. The number of carbonyl (C=O) groups is 1. The first kappa shape index (κ1) is 9.77. The van der Waals surface area contributed by atoms with Gasteiger partial charge in [-0.3, -0.25) is 0 Å². The van der Waals surface area contributed by atoms with Crippen molar-refractivity contribution in [2.75, 3.05) is 0 Å². The van der Waals surface area contributed by atoms with Crippen molar-refractivity contribution in [3.63, 3.8) is 0 Å². The van der Waals surface area contributed by atoms with Crippen LogP contribution in [0, 0.1) is 0 Å². The summed E-state index contributed by atoms with van der Waals surface area (Å²) in [5.41, 5.74) is -0.875. The van der Waals surface area contributed by atoms with E-state index in [9.17, 15) is 4.79 Å². The third kappa shape index (κ3) is 1.71. The predicted octanol–water partition coefficient (Wildman–Crippen LogP) is 0.615. The number of hydrogen-bond donors (Lipinski definition) is 1. The van der Waals surface area contributed by atoms with Gasteiger partial charge in [0.05, 0.1) is 6.54 Å². The van der Waals surface area contributed by atoms with Crippen molar-refractivity contribution in [2.45, 2.75) is 32.9 Å². The van der Waals surface area contributed by atoms with Gasteiger partial charge in [-0.15, -0.1) is 0 Å². The van der Waals surface area contributed by atoms with Crippen LogP contribution in [0.4, 0.5) is 0 Å². The Hall–Kier alpha value is -1.32. The van der Waals surface area contributed by atoms with Gasteiger partial charge in [0.25, 0.3) is 0 Å². The first-order valence-electron chi connectivity index (χ1n) is 4.29. The van der Waals surface area contributed by atoms with Gasteiger partial charge in [0, 0.05) is 0 Å². The summed E-state index contributed by atoms with van der Waals surface area (Å²) in [6.45, 7) is 6.21. The van der Waals surface area contributed by atoms with Gasteiger partial charge in [-0.2, -0.15) is 0 Å². The topological polar surface area (TPSA) is 46.1 Å². The van der Waals surface area contributed by atoms with E-state index < -0.39 is 11.5 Å². The minimum Gasteiger partial charge on any atom is -0.478 e. The van der Waals surface area contributed by atoms with Crippen molar-refractivity contribution in [1.29, 1.82) is 0 Å². The highest BCUT2D eigenvalue weighted by atomic mass is 16.4. The van der Waals surface area contributed by atoms with Gasteiger partial charge >= 0.3 is 5.97 Å². The molecule has 0 aliphatic heterocycles. The Labute approximate surface area is 77.4 Å². The van der Waals surface area contributed by atoms with Crippen LogP contribution in [0.5, 0.6) is 0 Å². The lowest BCUT2D eigenvalue weighted by Crippen LogP contribution is -2.37. The highest BCUT2D eigenvalue weighted by molar-refractivity contribution is 5.75. The fourth-order valence-corrected chi connectivity index (χ4v) is 1.02. The van der Waals surface area contributed by atoms with Crippen molar-refractivity contribution >= 4 is 5.97 Å². The van der Waals surface area contributed by atoms with Crippen LogP contribution in [0.15, 0.2) is 18.7 Å². The highest BCUT2D eigenvalue weighted by Gasteiger charge is 2.34. The molecular formula is C9H15N2O2+. The molecule has 1 heterocycles. The van der Waals surface area contributed by atoms with E-state index >= 15 is 0 Å². The number of carboxylic acids is 1. The van der Waals surface area contributed by atoms with Gasteiger partial charge in [0.2, 0.25) is 11.9 Å². The maximum Gasteiger partial charge on any atom is 0.351 e. The fourth-order valence-electron chi connectivity index (χ4n) is 1.02. The lowest BCUT2D eigenvalue weighted by atomic mass is 10.1. The Bertz CT molecular complexity index is 315. The second-order valence-corrected chi connectivity index (χ2v) is 3.52. The predicted molar refractivity (Wildman–Crippen MR) is 47.3 cm³/mol. The number of imidazole rings is 1. The van der Waals surface area contributed by atoms with Gasteiger partial charge in [0.15, 0.2) is 0 Å². The van der Waals surface area contributed by atoms with E-state index in [0.717, 1.165) is 6.54 Å². The zero-order valence-electron chi connectivity index (χ0n) is 8.19. The molecule has 1 aromatic rings. The molecule has 0 radical (unpaired) electrons. The van der Waals surface area contributed by atoms with Gasteiger partial charge in [-0.1, -0.05) is 0 Å². The molecule has 1 N–H and O–H groups in total. The van der Waals surface area contributed by atoms with Crippen LogP contribution in [-0.2, 0) is 16.9 Å². The molecule has 72 valence electrons. The molecule has 0 saturated heterocycles.